The second-order valence-electron chi connectivity index (χ2n) is 15.2. The molecule has 2 N–H and O–H groups in total. The lowest BCUT2D eigenvalue weighted by molar-refractivity contribution is 0.0910. The molecule has 0 saturated heterocycles. The zero-order chi connectivity index (χ0) is 37.3. The number of amides is 2. The van der Waals surface area contributed by atoms with Crippen LogP contribution in [0.5, 0.6) is 0 Å². The molecule has 2 heterocycles. The van der Waals surface area contributed by atoms with Crippen LogP contribution in [0.25, 0.3) is 45.3 Å². The third-order valence-electron chi connectivity index (χ3n) is 11.2. The number of nitrogens with zero attached hydrogens (tertiary/aromatic N) is 4. The number of nitrogens with one attached hydrogen (secondary N) is 2. The summed E-state index contributed by atoms with van der Waals surface area (Å²) < 4.78 is 4.28. The summed E-state index contributed by atoms with van der Waals surface area (Å²) in [4.78, 5) is 38.9. The van der Waals surface area contributed by atoms with Gasteiger partial charge >= 0.3 is 0 Å². The van der Waals surface area contributed by atoms with Crippen LogP contribution in [0.3, 0.4) is 0 Å². The maximum Gasteiger partial charge on any atom is 0.270 e. The number of aromatic nitrogens is 4. The highest BCUT2D eigenvalue weighted by molar-refractivity contribution is 6.00. The standard InChI is InChI=1S/C46H56N6O2/c1-3-5-31-51-41(45(53)47-37-23-15-9-16-24-37)39(33-19-11-7-12-20-33)49-43(51)35-27-29-36(30-28-35)44-50-40(34-21-13-8-14-22-34)42(52(44)32-6-4-2)46(54)48-38-25-17-10-18-26-38/h7-8,11-14,19-22,27-30,37-38H,3-6,9-10,15-18,23-26,31-32H2,1-2H3,(H,47,53)(H,48,54). The van der Waals surface area contributed by atoms with Crippen LogP contribution in [0.15, 0.2) is 84.9 Å². The molecule has 282 valence electrons. The first kappa shape index (κ1) is 37.3. The van der Waals surface area contributed by atoms with Crippen molar-refractivity contribution in [2.24, 2.45) is 0 Å². The average molecular weight is 725 g/mol. The van der Waals surface area contributed by atoms with Crippen LogP contribution in [0.1, 0.15) is 125 Å². The van der Waals surface area contributed by atoms with Crippen LogP contribution in [-0.2, 0) is 13.1 Å². The van der Waals surface area contributed by atoms with Gasteiger partial charge in [-0.1, -0.05) is 150 Å². The number of imidazole rings is 2. The van der Waals surface area contributed by atoms with Crippen LogP contribution < -0.4 is 10.6 Å². The van der Waals surface area contributed by atoms with Crippen LogP contribution in [0.4, 0.5) is 0 Å². The summed E-state index contributed by atoms with van der Waals surface area (Å²) in [5, 5.41) is 6.79. The third-order valence-corrected chi connectivity index (χ3v) is 11.2. The molecule has 3 aromatic carbocycles. The van der Waals surface area contributed by atoms with Crippen molar-refractivity contribution in [1.29, 1.82) is 0 Å². The SMILES string of the molecule is CCCCn1c(-c2ccc(-c3nc(-c4ccccc4)c(C(=O)NC4CCCCC4)n3CCCC)cc2)nc(-c2ccccc2)c1C(=O)NC1CCCCC1. The Kier molecular flexibility index (Phi) is 12.4. The Labute approximate surface area is 320 Å². The maximum atomic E-state index is 14.2. The Morgan fingerprint density at radius 2 is 0.907 bits per heavy atom. The molecule has 8 nitrogen and oxygen atoms in total. The lowest BCUT2D eigenvalue weighted by atomic mass is 9.95. The molecule has 7 rings (SSSR count). The monoisotopic (exact) mass is 724 g/mol. The van der Waals surface area contributed by atoms with Gasteiger partial charge in [0, 0.05) is 47.4 Å². The maximum absolute atomic E-state index is 14.2. The normalized spacial score (nSPS) is 15.3. The van der Waals surface area contributed by atoms with Gasteiger partial charge in [0.25, 0.3) is 11.8 Å². The minimum absolute atomic E-state index is 0.0438. The summed E-state index contributed by atoms with van der Waals surface area (Å²) in [6.07, 6.45) is 15.0. The van der Waals surface area contributed by atoms with Gasteiger partial charge in [0.1, 0.15) is 34.4 Å². The molecule has 2 fully saturated rings. The van der Waals surface area contributed by atoms with Crippen LogP contribution >= 0.6 is 0 Å². The lowest BCUT2D eigenvalue weighted by Crippen LogP contribution is -2.37. The molecule has 2 aliphatic rings. The molecule has 8 heteroatoms. The van der Waals surface area contributed by atoms with Crippen molar-refractivity contribution in [2.75, 3.05) is 0 Å². The Morgan fingerprint density at radius 3 is 1.26 bits per heavy atom. The van der Waals surface area contributed by atoms with E-state index in [1.54, 1.807) is 0 Å². The van der Waals surface area contributed by atoms with E-state index in [0.717, 1.165) is 122 Å². The van der Waals surface area contributed by atoms with E-state index < -0.39 is 0 Å². The van der Waals surface area contributed by atoms with Gasteiger partial charge in [-0.25, -0.2) is 9.97 Å². The van der Waals surface area contributed by atoms with E-state index in [9.17, 15) is 9.59 Å². The van der Waals surface area contributed by atoms with Crippen molar-refractivity contribution in [2.45, 2.75) is 129 Å². The second kappa shape index (κ2) is 17.9. The molecule has 0 radical (unpaired) electrons. The van der Waals surface area contributed by atoms with Crippen molar-refractivity contribution >= 4 is 11.8 Å². The number of hydrogen-bond acceptors (Lipinski definition) is 4. The first-order valence-electron chi connectivity index (χ1n) is 20.6. The highest BCUT2D eigenvalue weighted by Gasteiger charge is 2.29. The summed E-state index contributed by atoms with van der Waals surface area (Å²) in [5.74, 6) is 1.49. The first-order chi connectivity index (χ1) is 26.6. The van der Waals surface area contributed by atoms with Gasteiger partial charge < -0.3 is 19.8 Å². The largest absolute Gasteiger partial charge is 0.348 e. The van der Waals surface area contributed by atoms with E-state index in [1.165, 1.54) is 12.8 Å². The van der Waals surface area contributed by atoms with E-state index in [0.29, 0.717) is 24.5 Å². The van der Waals surface area contributed by atoms with Gasteiger partial charge in [-0.15, -0.1) is 0 Å². The first-order valence-corrected chi connectivity index (χ1v) is 20.6. The molecule has 2 aliphatic carbocycles. The molecule has 0 atom stereocenters. The van der Waals surface area contributed by atoms with Crippen molar-refractivity contribution in [1.82, 2.24) is 29.7 Å². The van der Waals surface area contributed by atoms with E-state index in [4.69, 9.17) is 9.97 Å². The van der Waals surface area contributed by atoms with Crippen LogP contribution in [0.2, 0.25) is 0 Å². The summed E-state index contributed by atoms with van der Waals surface area (Å²) in [5.41, 5.74) is 6.45. The van der Waals surface area contributed by atoms with E-state index in [-0.39, 0.29) is 23.9 Å². The number of rotatable bonds is 14. The zero-order valence-electron chi connectivity index (χ0n) is 32.2. The molecule has 0 aliphatic heterocycles. The summed E-state index contributed by atoms with van der Waals surface area (Å²) in [6, 6.07) is 29.0. The number of unbranched alkanes of at least 4 members (excludes halogenated alkanes) is 2. The zero-order valence-corrected chi connectivity index (χ0v) is 32.2. The molecular formula is C46H56N6O2. The second-order valence-corrected chi connectivity index (χ2v) is 15.2. The molecule has 2 saturated carbocycles. The smallest absolute Gasteiger partial charge is 0.270 e. The topological polar surface area (TPSA) is 93.8 Å². The minimum atomic E-state index is -0.0438. The Morgan fingerprint density at radius 1 is 0.537 bits per heavy atom. The third kappa shape index (κ3) is 8.38. The van der Waals surface area contributed by atoms with Gasteiger partial charge in [0.05, 0.1) is 0 Å². The number of carbonyl (C=O) groups is 2. The van der Waals surface area contributed by atoms with Crippen LogP contribution in [-0.4, -0.2) is 43.0 Å². The molecule has 5 aromatic rings. The minimum Gasteiger partial charge on any atom is -0.348 e. The highest BCUT2D eigenvalue weighted by Crippen LogP contribution is 2.34. The Bertz CT molecular complexity index is 1840. The molecule has 54 heavy (non-hydrogen) atoms. The number of hydrogen-bond donors (Lipinski definition) is 2. The van der Waals surface area contributed by atoms with Gasteiger partial charge in [-0.05, 0) is 38.5 Å². The Hall–Kier alpha value is -4.98. The van der Waals surface area contributed by atoms with Crippen molar-refractivity contribution < 1.29 is 9.59 Å². The van der Waals surface area contributed by atoms with Crippen LogP contribution in [0, 0.1) is 0 Å². The van der Waals surface area contributed by atoms with Crippen molar-refractivity contribution in [3.63, 3.8) is 0 Å². The lowest BCUT2D eigenvalue weighted by Gasteiger charge is -2.23. The van der Waals surface area contributed by atoms with E-state index in [1.807, 2.05) is 60.7 Å². The fraction of sp³-hybridized carbons (Fsp3) is 0.435. The van der Waals surface area contributed by atoms with Crippen molar-refractivity contribution in [3.05, 3.63) is 96.3 Å². The molecule has 2 amide bonds. The fourth-order valence-corrected chi connectivity index (χ4v) is 8.24. The molecule has 0 unspecified atom stereocenters. The van der Waals surface area contributed by atoms with E-state index in [2.05, 4.69) is 57.9 Å². The summed E-state index contributed by atoms with van der Waals surface area (Å²) >= 11 is 0. The van der Waals surface area contributed by atoms with Gasteiger partial charge in [0.2, 0.25) is 0 Å². The predicted octanol–water partition coefficient (Wildman–Crippen LogP) is 10.5. The predicted molar refractivity (Wildman–Crippen MR) is 218 cm³/mol. The fourth-order valence-electron chi connectivity index (χ4n) is 8.24. The Balaban J connectivity index is 1.30. The summed E-state index contributed by atoms with van der Waals surface area (Å²) in [7, 11) is 0. The molecule has 2 aromatic heterocycles. The number of carbonyl (C=O) groups excluding carboxylic acids is 2. The number of benzene rings is 3. The van der Waals surface area contributed by atoms with Gasteiger partial charge in [-0.2, -0.15) is 0 Å². The highest BCUT2D eigenvalue weighted by atomic mass is 16.2. The molecular weight excluding hydrogens is 669 g/mol. The van der Waals surface area contributed by atoms with Gasteiger partial charge in [0.15, 0.2) is 0 Å². The summed E-state index contributed by atoms with van der Waals surface area (Å²) in [6.45, 7) is 5.75. The van der Waals surface area contributed by atoms with Crippen molar-refractivity contribution in [3.8, 4) is 45.3 Å². The van der Waals surface area contributed by atoms with E-state index >= 15 is 0 Å². The molecule has 0 spiro atoms. The quantitative estimate of drug-likeness (QED) is 0.119. The van der Waals surface area contributed by atoms with Gasteiger partial charge in [-0.3, -0.25) is 9.59 Å². The molecule has 0 bridgehead atoms. The average Bonchev–Trinajstić information content (AvgIpc) is 3.80.